The molecule has 0 spiro atoms. The molecule has 5 heteroatoms. The third-order valence-corrected chi connectivity index (χ3v) is 3.35. The van der Waals surface area contributed by atoms with Gasteiger partial charge in [0.15, 0.2) is 0 Å². The topological polar surface area (TPSA) is 72.8 Å². The van der Waals surface area contributed by atoms with Gasteiger partial charge in [0.2, 0.25) is 0 Å². The molecule has 2 atom stereocenters. The lowest BCUT2D eigenvalue weighted by molar-refractivity contribution is -0.153. The molecular formula is C16H22O5. The van der Waals surface area contributed by atoms with Crippen molar-refractivity contribution in [1.29, 1.82) is 0 Å². The second-order valence-corrected chi connectivity index (χ2v) is 5.16. The highest BCUT2D eigenvalue weighted by molar-refractivity contribution is 5.86. The van der Waals surface area contributed by atoms with E-state index in [1.54, 1.807) is 6.08 Å². The number of rotatable bonds is 5. The first-order chi connectivity index (χ1) is 9.90. The number of aliphatic hydroxyl groups is 1. The summed E-state index contributed by atoms with van der Waals surface area (Å²) in [5.41, 5.74) is 1.83. The van der Waals surface area contributed by atoms with Crippen LogP contribution in [-0.2, 0) is 19.1 Å². The van der Waals surface area contributed by atoms with E-state index < -0.39 is 23.8 Å². The first-order valence-electron chi connectivity index (χ1n) is 6.81. The van der Waals surface area contributed by atoms with E-state index in [0.29, 0.717) is 12.0 Å². The maximum absolute atomic E-state index is 11.8. The number of aliphatic hydroxyl groups excluding tert-OH is 1. The Bertz CT molecular complexity index is 495. The monoisotopic (exact) mass is 294 g/mol. The van der Waals surface area contributed by atoms with Crippen LogP contribution in [0.3, 0.4) is 0 Å². The molecule has 0 aliphatic heterocycles. The Kier molecular flexibility index (Phi) is 6.21. The summed E-state index contributed by atoms with van der Waals surface area (Å²) in [5.74, 6) is -2.69. The van der Waals surface area contributed by atoms with E-state index in [0.717, 1.165) is 6.42 Å². The number of hydrogen-bond acceptors (Lipinski definition) is 5. The Labute approximate surface area is 124 Å². The predicted octanol–water partition coefficient (Wildman–Crippen LogP) is 2.69. The fraction of sp³-hybridized carbons (Fsp3) is 0.500. The van der Waals surface area contributed by atoms with Gasteiger partial charge in [-0.1, -0.05) is 17.7 Å². The van der Waals surface area contributed by atoms with Crippen LogP contribution in [0.1, 0.15) is 26.7 Å². The fourth-order valence-electron chi connectivity index (χ4n) is 2.22. The molecule has 0 aromatic heterocycles. The molecule has 0 saturated heterocycles. The minimum atomic E-state index is -0.852. The van der Waals surface area contributed by atoms with Crippen LogP contribution < -0.4 is 0 Å². The Balaban J connectivity index is 2.98. The van der Waals surface area contributed by atoms with E-state index in [1.165, 1.54) is 25.9 Å². The van der Waals surface area contributed by atoms with Gasteiger partial charge in [0, 0.05) is 0 Å². The molecule has 1 aliphatic rings. The van der Waals surface area contributed by atoms with Gasteiger partial charge >= 0.3 is 11.9 Å². The SMILES string of the molecule is COC(=O)C1C=C(O)C(CCC=C(C)C)=CC1C(=O)OC. The van der Waals surface area contributed by atoms with Crippen LogP contribution in [0.2, 0.25) is 0 Å². The van der Waals surface area contributed by atoms with E-state index in [4.69, 9.17) is 4.74 Å². The number of esters is 2. The number of hydrogen-bond donors (Lipinski definition) is 1. The fourth-order valence-corrected chi connectivity index (χ4v) is 2.22. The Morgan fingerprint density at radius 1 is 1.14 bits per heavy atom. The third-order valence-electron chi connectivity index (χ3n) is 3.35. The number of allylic oxidation sites excluding steroid dienone is 3. The second kappa shape index (κ2) is 7.67. The van der Waals surface area contributed by atoms with Crippen LogP contribution in [-0.4, -0.2) is 31.3 Å². The van der Waals surface area contributed by atoms with Crippen LogP contribution in [0, 0.1) is 11.8 Å². The molecule has 0 amide bonds. The quantitative estimate of drug-likeness (QED) is 0.623. The summed E-state index contributed by atoms with van der Waals surface area (Å²) in [6.45, 7) is 3.99. The van der Waals surface area contributed by atoms with Crippen LogP contribution in [0.15, 0.2) is 35.1 Å². The van der Waals surface area contributed by atoms with E-state index in [1.807, 2.05) is 19.9 Å². The van der Waals surface area contributed by atoms with Crippen molar-refractivity contribution in [3.8, 4) is 0 Å². The van der Waals surface area contributed by atoms with E-state index in [-0.39, 0.29) is 5.76 Å². The molecule has 2 unspecified atom stereocenters. The lowest BCUT2D eigenvalue weighted by atomic mass is 9.83. The van der Waals surface area contributed by atoms with E-state index >= 15 is 0 Å². The molecule has 1 rings (SSSR count). The third kappa shape index (κ3) is 4.48. The van der Waals surface area contributed by atoms with Crippen molar-refractivity contribution in [2.75, 3.05) is 14.2 Å². The van der Waals surface area contributed by atoms with Crippen LogP contribution in [0.25, 0.3) is 0 Å². The first-order valence-corrected chi connectivity index (χ1v) is 6.81. The first kappa shape index (κ1) is 17.0. The molecule has 0 aromatic carbocycles. The van der Waals surface area contributed by atoms with Crippen molar-refractivity contribution in [2.45, 2.75) is 26.7 Å². The molecule has 1 aliphatic carbocycles. The summed E-state index contributed by atoms with van der Waals surface area (Å²) in [6.07, 6.45) is 6.36. The van der Waals surface area contributed by atoms with Crippen molar-refractivity contribution in [2.24, 2.45) is 11.8 Å². The Morgan fingerprint density at radius 2 is 1.67 bits per heavy atom. The highest BCUT2D eigenvalue weighted by Gasteiger charge is 2.36. The van der Waals surface area contributed by atoms with E-state index in [2.05, 4.69) is 4.74 Å². The predicted molar refractivity (Wildman–Crippen MR) is 78.5 cm³/mol. The molecule has 1 N–H and O–H groups in total. The van der Waals surface area contributed by atoms with Gasteiger partial charge < -0.3 is 14.6 Å². The standard InChI is InChI=1S/C16H22O5/c1-10(2)6-5-7-11-8-12(15(18)20-3)13(9-14(11)17)16(19)21-4/h6,8-9,12-13,17H,5,7H2,1-4H3. The van der Waals surface area contributed by atoms with Crippen molar-refractivity contribution >= 4 is 11.9 Å². The van der Waals surface area contributed by atoms with Gasteiger partial charge in [-0.05, 0) is 38.3 Å². The molecule has 116 valence electrons. The number of carbonyl (C=O) groups is 2. The number of carbonyl (C=O) groups excluding carboxylic acids is 2. The molecule has 0 radical (unpaired) electrons. The average molecular weight is 294 g/mol. The van der Waals surface area contributed by atoms with Gasteiger partial charge in [-0.15, -0.1) is 0 Å². The minimum absolute atomic E-state index is 0.0210. The van der Waals surface area contributed by atoms with Gasteiger partial charge in [-0.25, -0.2) is 0 Å². The lowest BCUT2D eigenvalue weighted by Crippen LogP contribution is -2.31. The normalized spacial score (nSPS) is 21.0. The maximum Gasteiger partial charge on any atom is 0.313 e. The summed E-state index contributed by atoms with van der Waals surface area (Å²) in [6, 6.07) is 0. The van der Waals surface area contributed by atoms with Gasteiger partial charge in [0.05, 0.1) is 26.1 Å². The largest absolute Gasteiger partial charge is 0.508 e. The number of ether oxygens (including phenoxy) is 2. The summed E-state index contributed by atoms with van der Waals surface area (Å²) >= 11 is 0. The van der Waals surface area contributed by atoms with Gasteiger partial charge in [-0.3, -0.25) is 9.59 Å². The summed E-state index contributed by atoms with van der Waals surface area (Å²) < 4.78 is 9.40. The number of methoxy groups -OCH3 is 2. The van der Waals surface area contributed by atoms with Crippen molar-refractivity contribution in [3.05, 3.63) is 35.1 Å². The van der Waals surface area contributed by atoms with Crippen LogP contribution in [0.4, 0.5) is 0 Å². The van der Waals surface area contributed by atoms with Crippen LogP contribution >= 0.6 is 0 Å². The average Bonchev–Trinajstić information content (AvgIpc) is 2.46. The second-order valence-electron chi connectivity index (χ2n) is 5.16. The van der Waals surface area contributed by atoms with Crippen molar-refractivity contribution in [3.63, 3.8) is 0 Å². The molecule has 0 bridgehead atoms. The van der Waals surface area contributed by atoms with Crippen molar-refractivity contribution in [1.82, 2.24) is 0 Å². The highest BCUT2D eigenvalue weighted by atomic mass is 16.5. The van der Waals surface area contributed by atoms with Crippen LogP contribution in [0.5, 0.6) is 0 Å². The van der Waals surface area contributed by atoms with Gasteiger partial charge in [0.1, 0.15) is 5.76 Å². The molecule has 0 heterocycles. The Hall–Kier alpha value is -2.04. The smallest absolute Gasteiger partial charge is 0.313 e. The molecule has 21 heavy (non-hydrogen) atoms. The molecule has 0 fully saturated rings. The summed E-state index contributed by atoms with van der Waals surface area (Å²) in [7, 11) is 2.52. The minimum Gasteiger partial charge on any atom is -0.508 e. The van der Waals surface area contributed by atoms with Crippen molar-refractivity contribution < 1.29 is 24.2 Å². The molecule has 5 nitrogen and oxygen atoms in total. The Morgan fingerprint density at radius 3 is 2.14 bits per heavy atom. The summed E-state index contributed by atoms with van der Waals surface area (Å²) in [4.78, 5) is 23.6. The molecule has 0 saturated carbocycles. The zero-order chi connectivity index (χ0) is 16.0. The highest BCUT2D eigenvalue weighted by Crippen LogP contribution is 2.31. The van der Waals surface area contributed by atoms with E-state index in [9.17, 15) is 14.7 Å². The zero-order valence-electron chi connectivity index (χ0n) is 12.9. The zero-order valence-corrected chi connectivity index (χ0v) is 12.9. The molecular weight excluding hydrogens is 272 g/mol. The summed E-state index contributed by atoms with van der Waals surface area (Å²) in [5, 5.41) is 10.0. The van der Waals surface area contributed by atoms with Gasteiger partial charge in [-0.2, -0.15) is 0 Å². The molecule has 0 aromatic rings. The lowest BCUT2D eigenvalue weighted by Gasteiger charge is -2.23. The van der Waals surface area contributed by atoms with Gasteiger partial charge in [0.25, 0.3) is 0 Å². The maximum atomic E-state index is 11.8.